The summed E-state index contributed by atoms with van der Waals surface area (Å²) >= 11 is 0. The number of aliphatic carboxylic acids is 1. The van der Waals surface area contributed by atoms with E-state index < -0.39 is 11.4 Å². The summed E-state index contributed by atoms with van der Waals surface area (Å²) in [4.78, 5) is 13.3. The van der Waals surface area contributed by atoms with Crippen molar-refractivity contribution in [2.24, 2.45) is 5.41 Å². The molecule has 1 atom stereocenters. The number of ether oxygens (including phenoxy) is 1. The van der Waals surface area contributed by atoms with Gasteiger partial charge in [0.05, 0.1) is 11.0 Å². The Morgan fingerprint density at radius 2 is 2.19 bits per heavy atom. The normalized spacial score (nSPS) is 27.2. The second kappa shape index (κ2) is 4.72. The van der Waals surface area contributed by atoms with Crippen LogP contribution in [-0.4, -0.2) is 48.3 Å². The highest BCUT2D eigenvalue weighted by molar-refractivity contribution is 5.74. The fourth-order valence-corrected chi connectivity index (χ4v) is 1.95. The van der Waals surface area contributed by atoms with Crippen molar-refractivity contribution in [3.8, 4) is 0 Å². The predicted molar refractivity (Wildman–Crippen MR) is 62.5 cm³/mol. The van der Waals surface area contributed by atoms with E-state index in [1.54, 1.807) is 7.11 Å². The number of likely N-dealkylation sites (tertiary alicyclic amines) is 1. The van der Waals surface area contributed by atoms with E-state index in [9.17, 15) is 4.79 Å². The number of carboxylic acid groups (broad SMARTS) is 1. The zero-order valence-electron chi connectivity index (χ0n) is 10.7. The lowest BCUT2D eigenvalue weighted by Crippen LogP contribution is -2.34. The third-order valence-electron chi connectivity index (χ3n) is 3.65. The van der Waals surface area contributed by atoms with E-state index >= 15 is 0 Å². The first-order valence-electron chi connectivity index (χ1n) is 5.80. The van der Waals surface area contributed by atoms with Crippen LogP contribution in [0.15, 0.2) is 0 Å². The molecule has 94 valence electrons. The molecule has 1 heterocycles. The van der Waals surface area contributed by atoms with Crippen molar-refractivity contribution in [1.29, 1.82) is 0 Å². The van der Waals surface area contributed by atoms with Crippen LogP contribution in [0.25, 0.3) is 0 Å². The molecule has 1 aliphatic heterocycles. The van der Waals surface area contributed by atoms with Gasteiger partial charge in [-0.3, -0.25) is 4.79 Å². The Hall–Kier alpha value is -0.610. The molecule has 0 spiro atoms. The summed E-state index contributed by atoms with van der Waals surface area (Å²) in [5, 5.41) is 9.11. The van der Waals surface area contributed by atoms with E-state index in [0.29, 0.717) is 6.54 Å². The van der Waals surface area contributed by atoms with Gasteiger partial charge in [0.1, 0.15) is 0 Å². The van der Waals surface area contributed by atoms with Crippen LogP contribution in [0.2, 0.25) is 0 Å². The quantitative estimate of drug-likeness (QED) is 0.778. The number of carboxylic acids is 1. The first-order chi connectivity index (χ1) is 7.29. The van der Waals surface area contributed by atoms with Crippen molar-refractivity contribution in [3.63, 3.8) is 0 Å². The standard InChI is InChI=1S/C12H23NO3/c1-11(2,16-4)5-7-13-8-6-12(3,9-13)10(14)15/h5-9H2,1-4H3,(H,14,15). The lowest BCUT2D eigenvalue weighted by Gasteiger charge is -2.26. The van der Waals surface area contributed by atoms with E-state index in [1.165, 1.54) is 0 Å². The molecule has 1 unspecified atom stereocenters. The minimum Gasteiger partial charge on any atom is -0.481 e. The molecule has 1 saturated heterocycles. The SMILES string of the molecule is COC(C)(C)CCN1CCC(C)(C(=O)O)C1. The monoisotopic (exact) mass is 229 g/mol. The van der Waals surface area contributed by atoms with E-state index in [2.05, 4.69) is 18.7 Å². The molecule has 1 rings (SSSR count). The predicted octanol–water partition coefficient (Wildman–Crippen LogP) is 1.60. The molecule has 0 amide bonds. The lowest BCUT2D eigenvalue weighted by atomic mass is 9.90. The first-order valence-corrected chi connectivity index (χ1v) is 5.80. The Bertz CT molecular complexity index is 265. The topological polar surface area (TPSA) is 49.8 Å². The average Bonchev–Trinajstić information content (AvgIpc) is 2.59. The van der Waals surface area contributed by atoms with Gasteiger partial charge in [0.25, 0.3) is 0 Å². The van der Waals surface area contributed by atoms with Crippen LogP contribution >= 0.6 is 0 Å². The van der Waals surface area contributed by atoms with Gasteiger partial charge in [-0.25, -0.2) is 0 Å². The second-order valence-corrected chi connectivity index (χ2v) is 5.61. The molecule has 1 N–H and O–H groups in total. The van der Waals surface area contributed by atoms with Gasteiger partial charge in [0.15, 0.2) is 0 Å². The van der Waals surface area contributed by atoms with Crippen LogP contribution in [0.3, 0.4) is 0 Å². The molecule has 0 aliphatic carbocycles. The molecule has 16 heavy (non-hydrogen) atoms. The van der Waals surface area contributed by atoms with Crippen LogP contribution < -0.4 is 0 Å². The summed E-state index contributed by atoms with van der Waals surface area (Å²) in [7, 11) is 1.71. The van der Waals surface area contributed by atoms with Gasteiger partial charge in [-0.15, -0.1) is 0 Å². The summed E-state index contributed by atoms with van der Waals surface area (Å²) < 4.78 is 5.35. The molecule has 0 radical (unpaired) electrons. The summed E-state index contributed by atoms with van der Waals surface area (Å²) in [5.74, 6) is -0.680. The van der Waals surface area contributed by atoms with Gasteiger partial charge in [0.2, 0.25) is 0 Å². The highest BCUT2D eigenvalue weighted by Crippen LogP contribution is 2.30. The van der Waals surface area contributed by atoms with Crippen LogP contribution in [-0.2, 0) is 9.53 Å². The molecule has 0 bridgehead atoms. The van der Waals surface area contributed by atoms with Crippen molar-refractivity contribution in [3.05, 3.63) is 0 Å². The highest BCUT2D eigenvalue weighted by Gasteiger charge is 2.40. The molecule has 1 fully saturated rings. The second-order valence-electron chi connectivity index (χ2n) is 5.61. The molecular weight excluding hydrogens is 206 g/mol. The van der Waals surface area contributed by atoms with Crippen molar-refractivity contribution in [1.82, 2.24) is 4.90 Å². The van der Waals surface area contributed by atoms with E-state index in [-0.39, 0.29) is 5.60 Å². The molecule has 0 aromatic rings. The average molecular weight is 229 g/mol. The Morgan fingerprint density at radius 3 is 2.62 bits per heavy atom. The maximum absolute atomic E-state index is 11.1. The fourth-order valence-electron chi connectivity index (χ4n) is 1.95. The Morgan fingerprint density at radius 1 is 1.56 bits per heavy atom. The van der Waals surface area contributed by atoms with Gasteiger partial charge in [-0.1, -0.05) is 0 Å². The van der Waals surface area contributed by atoms with E-state index in [0.717, 1.165) is 25.9 Å². The maximum atomic E-state index is 11.1. The summed E-state index contributed by atoms with van der Waals surface area (Å²) in [6, 6.07) is 0. The van der Waals surface area contributed by atoms with Crippen molar-refractivity contribution >= 4 is 5.97 Å². The molecular formula is C12H23NO3. The number of hydrogen-bond donors (Lipinski definition) is 1. The van der Waals surface area contributed by atoms with Crippen LogP contribution in [0, 0.1) is 5.41 Å². The molecule has 4 heteroatoms. The lowest BCUT2D eigenvalue weighted by molar-refractivity contribution is -0.147. The third kappa shape index (κ3) is 3.19. The molecule has 4 nitrogen and oxygen atoms in total. The maximum Gasteiger partial charge on any atom is 0.310 e. The van der Waals surface area contributed by atoms with Gasteiger partial charge in [0, 0.05) is 20.2 Å². The van der Waals surface area contributed by atoms with Gasteiger partial charge in [-0.05, 0) is 40.2 Å². The summed E-state index contributed by atoms with van der Waals surface area (Å²) in [5.41, 5.74) is -0.681. The van der Waals surface area contributed by atoms with Crippen LogP contribution in [0.5, 0.6) is 0 Å². The number of nitrogens with zero attached hydrogens (tertiary/aromatic N) is 1. The Balaban J connectivity index is 2.41. The summed E-state index contributed by atoms with van der Waals surface area (Å²) in [6.07, 6.45) is 1.68. The van der Waals surface area contributed by atoms with Crippen molar-refractivity contribution in [2.45, 2.75) is 39.2 Å². The van der Waals surface area contributed by atoms with Gasteiger partial charge >= 0.3 is 5.97 Å². The largest absolute Gasteiger partial charge is 0.481 e. The van der Waals surface area contributed by atoms with E-state index in [1.807, 2.05) is 6.92 Å². The molecule has 0 saturated carbocycles. The molecule has 0 aromatic carbocycles. The third-order valence-corrected chi connectivity index (χ3v) is 3.65. The minimum absolute atomic E-state index is 0.123. The Labute approximate surface area is 97.6 Å². The zero-order chi connectivity index (χ0) is 12.4. The number of methoxy groups -OCH3 is 1. The smallest absolute Gasteiger partial charge is 0.310 e. The molecule has 0 aromatic heterocycles. The zero-order valence-corrected chi connectivity index (χ0v) is 10.7. The number of rotatable bonds is 5. The van der Waals surface area contributed by atoms with Crippen molar-refractivity contribution < 1.29 is 14.6 Å². The first kappa shape index (κ1) is 13.5. The van der Waals surface area contributed by atoms with Crippen molar-refractivity contribution in [2.75, 3.05) is 26.7 Å². The minimum atomic E-state index is -0.680. The number of carbonyl (C=O) groups is 1. The van der Waals surface area contributed by atoms with Gasteiger partial charge < -0.3 is 14.7 Å². The van der Waals surface area contributed by atoms with Crippen LogP contribution in [0.4, 0.5) is 0 Å². The number of hydrogen-bond acceptors (Lipinski definition) is 3. The Kier molecular flexibility index (Phi) is 3.97. The van der Waals surface area contributed by atoms with E-state index in [4.69, 9.17) is 9.84 Å². The van der Waals surface area contributed by atoms with Crippen LogP contribution in [0.1, 0.15) is 33.6 Å². The van der Waals surface area contributed by atoms with Gasteiger partial charge in [-0.2, -0.15) is 0 Å². The highest BCUT2D eigenvalue weighted by atomic mass is 16.5. The molecule has 1 aliphatic rings. The fraction of sp³-hybridized carbons (Fsp3) is 0.917. The summed E-state index contributed by atoms with van der Waals surface area (Å²) in [6.45, 7) is 8.38.